The number of aromatic nitrogens is 1. The molecule has 1 heterocycles. The van der Waals surface area contributed by atoms with Crippen LogP contribution in [0.1, 0.15) is 31.1 Å². The quantitative estimate of drug-likeness (QED) is 0.783. The van der Waals surface area contributed by atoms with Crippen LogP contribution in [0.15, 0.2) is 30.5 Å². The minimum atomic E-state index is -0.546. The number of rotatable bonds is 1. The van der Waals surface area contributed by atoms with Crippen molar-refractivity contribution in [3.8, 4) is 0 Å². The molecule has 1 aromatic heterocycles. The summed E-state index contributed by atoms with van der Waals surface area (Å²) in [5.41, 5.74) is 6.94. The van der Waals surface area contributed by atoms with Crippen LogP contribution in [-0.2, 0) is 4.74 Å². The van der Waals surface area contributed by atoms with Gasteiger partial charge in [-0.3, -0.25) is 4.98 Å². The third-order valence-electron chi connectivity index (χ3n) is 2.44. The maximum absolute atomic E-state index is 12.0. The third kappa shape index (κ3) is 2.42. The third-order valence-corrected chi connectivity index (χ3v) is 2.44. The van der Waals surface area contributed by atoms with Gasteiger partial charge < -0.3 is 10.5 Å². The summed E-state index contributed by atoms with van der Waals surface area (Å²) in [6, 6.07) is 7.43. The van der Waals surface area contributed by atoms with E-state index in [4.69, 9.17) is 10.5 Å². The Labute approximate surface area is 106 Å². The van der Waals surface area contributed by atoms with Crippen molar-refractivity contribution in [2.45, 2.75) is 26.4 Å². The topological polar surface area (TPSA) is 65.2 Å². The summed E-state index contributed by atoms with van der Waals surface area (Å²) in [5, 5.41) is 0.765. The minimum absolute atomic E-state index is 0.309. The number of nitrogens with zero attached hydrogens (tertiary/aromatic N) is 1. The number of nitrogens with two attached hydrogens (primary N) is 1. The fourth-order valence-electron chi connectivity index (χ4n) is 1.66. The number of carbonyl (C=O) groups excluding carboxylic acids is 1. The van der Waals surface area contributed by atoms with Crippen molar-refractivity contribution < 1.29 is 9.53 Å². The van der Waals surface area contributed by atoms with E-state index >= 15 is 0 Å². The molecule has 4 heteroatoms. The van der Waals surface area contributed by atoms with Crippen LogP contribution in [-0.4, -0.2) is 16.6 Å². The lowest BCUT2D eigenvalue weighted by molar-refractivity contribution is 0.00706. The van der Waals surface area contributed by atoms with Gasteiger partial charge in [-0.2, -0.15) is 0 Å². The van der Waals surface area contributed by atoms with E-state index in [9.17, 15) is 4.79 Å². The standard InChI is InChI=1S/C14H16N2O2/c1-14(2,3)18-13(17)10-8-16-11-7-5-4-6-9(11)12(10)15/h4-8H,1-3H3,(H2,15,16). The van der Waals surface area contributed by atoms with Gasteiger partial charge >= 0.3 is 5.97 Å². The largest absolute Gasteiger partial charge is 0.456 e. The second kappa shape index (κ2) is 4.29. The highest BCUT2D eigenvalue weighted by Gasteiger charge is 2.20. The average molecular weight is 244 g/mol. The number of ether oxygens (including phenoxy) is 1. The van der Waals surface area contributed by atoms with Gasteiger partial charge in [-0.15, -0.1) is 0 Å². The molecule has 94 valence electrons. The van der Waals surface area contributed by atoms with Crippen molar-refractivity contribution in [1.82, 2.24) is 4.98 Å². The van der Waals surface area contributed by atoms with E-state index < -0.39 is 11.6 Å². The molecule has 0 fully saturated rings. The number of anilines is 1. The number of benzene rings is 1. The van der Waals surface area contributed by atoms with Gasteiger partial charge in [-0.1, -0.05) is 18.2 Å². The van der Waals surface area contributed by atoms with E-state index in [1.165, 1.54) is 6.20 Å². The molecule has 0 amide bonds. The zero-order valence-corrected chi connectivity index (χ0v) is 10.7. The Morgan fingerprint density at radius 2 is 1.94 bits per heavy atom. The Hall–Kier alpha value is -2.10. The maximum atomic E-state index is 12.0. The summed E-state index contributed by atoms with van der Waals surface area (Å²) >= 11 is 0. The molecule has 1 aromatic carbocycles. The van der Waals surface area contributed by atoms with Crippen molar-refractivity contribution >= 4 is 22.6 Å². The normalized spacial score (nSPS) is 11.5. The Balaban J connectivity index is 2.46. The first-order valence-corrected chi connectivity index (χ1v) is 5.75. The van der Waals surface area contributed by atoms with E-state index in [2.05, 4.69) is 4.98 Å². The molecule has 0 aliphatic rings. The second-order valence-corrected chi connectivity index (χ2v) is 5.10. The monoisotopic (exact) mass is 244 g/mol. The van der Waals surface area contributed by atoms with Gasteiger partial charge in [0.05, 0.1) is 11.2 Å². The van der Waals surface area contributed by atoms with Gasteiger partial charge in [0, 0.05) is 11.6 Å². The summed E-state index contributed by atoms with van der Waals surface area (Å²) in [5.74, 6) is -0.446. The number of fused-ring (bicyclic) bond motifs is 1. The van der Waals surface area contributed by atoms with E-state index in [1.54, 1.807) is 0 Å². The molecule has 0 aliphatic heterocycles. The van der Waals surface area contributed by atoms with Crippen LogP contribution in [0.25, 0.3) is 10.9 Å². The van der Waals surface area contributed by atoms with Gasteiger partial charge in [0.25, 0.3) is 0 Å². The summed E-state index contributed by atoms with van der Waals surface area (Å²) in [4.78, 5) is 16.2. The summed E-state index contributed by atoms with van der Waals surface area (Å²) in [6.45, 7) is 5.45. The zero-order valence-electron chi connectivity index (χ0n) is 10.7. The van der Waals surface area contributed by atoms with Gasteiger partial charge in [-0.25, -0.2) is 4.79 Å². The van der Waals surface area contributed by atoms with E-state index in [-0.39, 0.29) is 0 Å². The molecule has 4 nitrogen and oxygen atoms in total. The van der Waals surface area contributed by atoms with E-state index in [0.29, 0.717) is 11.3 Å². The van der Waals surface area contributed by atoms with Crippen molar-refractivity contribution in [1.29, 1.82) is 0 Å². The molecule has 0 radical (unpaired) electrons. The number of para-hydroxylation sites is 1. The Bertz CT molecular complexity index is 600. The van der Waals surface area contributed by atoms with Crippen LogP contribution in [0.3, 0.4) is 0 Å². The molecule has 0 atom stereocenters. The first kappa shape index (κ1) is 12.4. The lowest BCUT2D eigenvalue weighted by Gasteiger charge is -2.20. The molecule has 2 rings (SSSR count). The first-order chi connectivity index (χ1) is 8.38. The highest BCUT2D eigenvalue weighted by molar-refractivity contribution is 6.03. The number of nitrogen functional groups attached to an aromatic ring is 1. The molecular weight excluding hydrogens is 228 g/mol. The number of esters is 1. The van der Waals surface area contributed by atoms with Crippen LogP contribution in [0.4, 0.5) is 5.69 Å². The predicted molar refractivity (Wildman–Crippen MR) is 71.3 cm³/mol. The van der Waals surface area contributed by atoms with Gasteiger partial charge in [0.1, 0.15) is 11.2 Å². The van der Waals surface area contributed by atoms with E-state index in [0.717, 1.165) is 10.9 Å². The molecule has 2 N–H and O–H groups in total. The van der Waals surface area contributed by atoms with Crippen molar-refractivity contribution in [3.05, 3.63) is 36.0 Å². The lowest BCUT2D eigenvalue weighted by Crippen LogP contribution is -2.24. The number of hydrogen-bond donors (Lipinski definition) is 1. The molecule has 0 aliphatic carbocycles. The summed E-state index contributed by atoms with van der Waals surface area (Å²) in [6.07, 6.45) is 1.46. The molecule has 0 saturated heterocycles. The number of hydrogen-bond acceptors (Lipinski definition) is 4. The Kier molecular flexibility index (Phi) is 2.95. The predicted octanol–water partition coefficient (Wildman–Crippen LogP) is 2.77. The second-order valence-electron chi connectivity index (χ2n) is 5.10. The van der Waals surface area contributed by atoms with Crippen LogP contribution >= 0.6 is 0 Å². The molecular formula is C14H16N2O2. The van der Waals surface area contributed by atoms with Crippen LogP contribution in [0, 0.1) is 0 Å². The van der Waals surface area contributed by atoms with Crippen LogP contribution in [0.2, 0.25) is 0 Å². The number of carbonyl (C=O) groups is 1. The van der Waals surface area contributed by atoms with Crippen molar-refractivity contribution in [2.24, 2.45) is 0 Å². The Morgan fingerprint density at radius 1 is 1.28 bits per heavy atom. The molecule has 18 heavy (non-hydrogen) atoms. The molecule has 2 aromatic rings. The highest BCUT2D eigenvalue weighted by atomic mass is 16.6. The smallest absolute Gasteiger partial charge is 0.342 e. The van der Waals surface area contributed by atoms with E-state index in [1.807, 2.05) is 45.0 Å². The fraction of sp³-hybridized carbons (Fsp3) is 0.286. The lowest BCUT2D eigenvalue weighted by atomic mass is 10.1. The fourth-order valence-corrected chi connectivity index (χ4v) is 1.66. The highest BCUT2D eigenvalue weighted by Crippen LogP contribution is 2.24. The van der Waals surface area contributed by atoms with Crippen molar-refractivity contribution in [2.75, 3.05) is 5.73 Å². The summed E-state index contributed by atoms with van der Waals surface area (Å²) in [7, 11) is 0. The zero-order chi connectivity index (χ0) is 13.3. The molecule has 0 unspecified atom stereocenters. The average Bonchev–Trinajstić information content (AvgIpc) is 2.27. The Morgan fingerprint density at radius 3 is 2.61 bits per heavy atom. The van der Waals surface area contributed by atoms with Gasteiger partial charge in [0.2, 0.25) is 0 Å². The minimum Gasteiger partial charge on any atom is -0.456 e. The van der Waals surface area contributed by atoms with Gasteiger partial charge in [0.15, 0.2) is 0 Å². The molecule has 0 bridgehead atoms. The SMILES string of the molecule is CC(C)(C)OC(=O)c1cnc2ccccc2c1N. The summed E-state index contributed by atoms with van der Waals surface area (Å²) < 4.78 is 5.29. The number of pyridine rings is 1. The molecule has 0 spiro atoms. The van der Waals surface area contributed by atoms with Crippen LogP contribution < -0.4 is 5.73 Å². The van der Waals surface area contributed by atoms with Crippen molar-refractivity contribution in [3.63, 3.8) is 0 Å². The maximum Gasteiger partial charge on any atom is 0.342 e. The van der Waals surface area contributed by atoms with Crippen LogP contribution in [0.5, 0.6) is 0 Å². The molecule has 0 saturated carbocycles. The van der Waals surface area contributed by atoms with Gasteiger partial charge in [-0.05, 0) is 26.8 Å². The first-order valence-electron chi connectivity index (χ1n) is 5.75.